The highest BCUT2D eigenvalue weighted by molar-refractivity contribution is 9.10. The first-order chi connectivity index (χ1) is 9.74. The summed E-state index contributed by atoms with van der Waals surface area (Å²) in [6.45, 7) is 0. The summed E-state index contributed by atoms with van der Waals surface area (Å²) in [7, 11) is 0. The maximum absolute atomic E-state index is 12.4. The van der Waals surface area contributed by atoms with Crippen molar-refractivity contribution in [2.45, 2.75) is 6.36 Å². The molecule has 9 heteroatoms. The van der Waals surface area contributed by atoms with Gasteiger partial charge in [-0.1, -0.05) is 27.5 Å². The molecule has 0 saturated carbocycles. The number of ether oxygens (including phenoxy) is 1. The molecule has 0 amide bonds. The van der Waals surface area contributed by atoms with E-state index in [1.54, 1.807) is 6.07 Å². The average Bonchev–Trinajstić information content (AvgIpc) is 2.35. The molecule has 0 radical (unpaired) electrons. The van der Waals surface area contributed by atoms with Gasteiger partial charge in [-0.2, -0.15) is 0 Å². The van der Waals surface area contributed by atoms with E-state index in [4.69, 9.17) is 17.3 Å². The first-order valence-electron chi connectivity index (χ1n) is 5.49. The van der Waals surface area contributed by atoms with Gasteiger partial charge in [0, 0.05) is 4.47 Å². The van der Waals surface area contributed by atoms with Gasteiger partial charge >= 0.3 is 6.36 Å². The third-order valence-electron chi connectivity index (χ3n) is 2.31. The van der Waals surface area contributed by atoms with Crippen LogP contribution < -0.4 is 15.8 Å². The molecule has 3 N–H and O–H groups in total. The van der Waals surface area contributed by atoms with Crippen molar-refractivity contribution >= 4 is 44.7 Å². The molecule has 0 fully saturated rings. The molecule has 1 heterocycles. The highest BCUT2D eigenvalue weighted by atomic mass is 79.9. The van der Waals surface area contributed by atoms with Crippen LogP contribution in [0.25, 0.3) is 0 Å². The Morgan fingerprint density at radius 1 is 1.24 bits per heavy atom. The van der Waals surface area contributed by atoms with E-state index in [0.717, 1.165) is 0 Å². The zero-order valence-corrected chi connectivity index (χ0v) is 12.6. The van der Waals surface area contributed by atoms with Crippen LogP contribution >= 0.6 is 27.5 Å². The molecule has 0 bridgehead atoms. The second-order valence-electron chi connectivity index (χ2n) is 3.89. The fourth-order valence-electron chi connectivity index (χ4n) is 1.48. The molecule has 2 aromatic rings. The number of nitrogen functional groups attached to an aromatic ring is 1. The van der Waals surface area contributed by atoms with E-state index in [1.165, 1.54) is 24.3 Å². The van der Waals surface area contributed by atoms with E-state index in [2.05, 4.69) is 31.0 Å². The Kier molecular flexibility index (Phi) is 4.48. The molecule has 0 saturated heterocycles. The van der Waals surface area contributed by atoms with Crippen LogP contribution in [0, 0.1) is 0 Å². The van der Waals surface area contributed by atoms with Crippen molar-refractivity contribution in [3.8, 4) is 5.75 Å². The molecular formula is C12H8BrClF3N3O. The number of nitrogens with one attached hydrogen (secondary N) is 1. The predicted octanol–water partition coefficient (Wildman–Crippen LogP) is 4.72. The quantitative estimate of drug-likeness (QED) is 0.754. The number of benzene rings is 1. The van der Waals surface area contributed by atoms with Crippen molar-refractivity contribution in [2.75, 3.05) is 11.1 Å². The van der Waals surface area contributed by atoms with Crippen LogP contribution in [0.3, 0.4) is 0 Å². The van der Waals surface area contributed by atoms with E-state index >= 15 is 0 Å². The van der Waals surface area contributed by atoms with Gasteiger partial charge in [0.2, 0.25) is 0 Å². The molecule has 0 aliphatic heterocycles. The minimum absolute atomic E-state index is 0.0528. The van der Waals surface area contributed by atoms with Crippen LogP contribution in [0.4, 0.5) is 30.4 Å². The van der Waals surface area contributed by atoms with Gasteiger partial charge in [-0.3, -0.25) is 0 Å². The number of hydrogen-bond donors (Lipinski definition) is 2. The predicted molar refractivity (Wildman–Crippen MR) is 77.8 cm³/mol. The number of rotatable bonds is 3. The van der Waals surface area contributed by atoms with Gasteiger partial charge in [0.05, 0.1) is 11.4 Å². The standard InChI is InChI=1S/C12H8BrClF3N3O/c13-6-1-3-8(9(5-6)21-12(15,16)17)19-11-7(18)2-4-10(14)20-11/h1-5H,18H2,(H,19,20). The molecule has 21 heavy (non-hydrogen) atoms. The summed E-state index contributed by atoms with van der Waals surface area (Å²) in [6, 6.07) is 7.08. The number of hydrogen-bond acceptors (Lipinski definition) is 4. The lowest BCUT2D eigenvalue weighted by atomic mass is 10.3. The molecule has 1 aromatic heterocycles. The Balaban J connectivity index is 2.37. The third kappa shape index (κ3) is 4.40. The van der Waals surface area contributed by atoms with Gasteiger partial charge < -0.3 is 15.8 Å². The van der Waals surface area contributed by atoms with Crippen LogP contribution in [0.2, 0.25) is 5.15 Å². The van der Waals surface area contributed by atoms with Gasteiger partial charge in [-0.15, -0.1) is 13.2 Å². The molecule has 0 atom stereocenters. The average molecular weight is 383 g/mol. The molecule has 0 spiro atoms. The second kappa shape index (κ2) is 5.98. The summed E-state index contributed by atoms with van der Waals surface area (Å²) in [5.74, 6) is -0.283. The van der Waals surface area contributed by atoms with Gasteiger partial charge in [0.25, 0.3) is 0 Å². The Morgan fingerprint density at radius 2 is 1.95 bits per heavy atom. The smallest absolute Gasteiger partial charge is 0.404 e. The lowest BCUT2D eigenvalue weighted by Crippen LogP contribution is -2.18. The lowest BCUT2D eigenvalue weighted by molar-refractivity contribution is -0.274. The van der Waals surface area contributed by atoms with Crippen LogP contribution in [-0.4, -0.2) is 11.3 Å². The number of alkyl halides is 3. The lowest BCUT2D eigenvalue weighted by Gasteiger charge is -2.15. The van der Waals surface area contributed by atoms with E-state index < -0.39 is 12.1 Å². The first-order valence-corrected chi connectivity index (χ1v) is 6.66. The Bertz CT molecular complexity index is 667. The Morgan fingerprint density at radius 3 is 2.62 bits per heavy atom. The van der Waals surface area contributed by atoms with E-state index in [1.807, 2.05) is 0 Å². The minimum atomic E-state index is -4.81. The molecule has 2 rings (SSSR count). The van der Waals surface area contributed by atoms with Crippen molar-refractivity contribution in [1.82, 2.24) is 4.98 Å². The molecule has 0 aliphatic carbocycles. The SMILES string of the molecule is Nc1ccc(Cl)nc1Nc1ccc(Br)cc1OC(F)(F)F. The number of pyridine rings is 1. The number of aromatic nitrogens is 1. The third-order valence-corrected chi connectivity index (χ3v) is 3.02. The summed E-state index contributed by atoms with van der Waals surface area (Å²) >= 11 is 8.81. The monoisotopic (exact) mass is 381 g/mol. The van der Waals surface area contributed by atoms with Crippen molar-refractivity contribution in [1.29, 1.82) is 0 Å². The van der Waals surface area contributed by atoms with E-state index in [9.17, 15) is 13.2 Å². The van der Waals surface area contributed by atoms with Gasteiger partial charge in [-0.25, -0.2) is 4.98 Å². The number of nitrogens with two attached hydrogens (primary N) is 1. The summed E-state index contributed by atoms with van der Waals surface area (Å²) in [5, 5.41) is 2.82. The molecule has 112 valence electrons. The molecule has 0 aliphatic rings. The fraction of sp³-hybridized carbons (Fsp3) is 0.0833. The van der Waals surface area contributed by atoms with E-state index in [0.29, 0.717) is 4.47 Å². The molecule has 4 nitrogen and oxygen atoms in total. The van der Waals surface area contributed by atoms with Crippen LogP contribution in [-0.2, 0) is 0 Å². The summed E-state index contributed by atoms with van der Waals surface area (Å²) in [4.78, 5) is 3.91. The highest BCUT2D eigenvalue weighted by Gasteiger charge is 2.32. The normalized spacial score (nSPS) is 11.3. The topological polar surface area (TPSA) is 60.2 Å². The summed E-state index contributed by atoms with van der Waals surface area (Å²) in [6.07, 6.45) is -4.81. The number of halogens is 5. The largest absolute Gasteiger partial charge is 0.573 e. The maximum atomic E-state index is 12.4. The van der Waals surface area contributed by atoms with Gasteiger partial charge in [0.1, 0.15) is 5.15 Å². The minimum Gasteiger partial charge on any atom is -0.404 e. The van der Waals surface area contributed by atoms with Crippen LogP contribution in [0.1, 0.15) is 0 Å². The summed E-state index contributed by atoms with van der Waals surface area (Å²) in [5.41, 5.74) is 5.98. The Labute approximate surface area is 131 Å². The van der Waals surface area contributed by atoms with E-state index in [-0.39, 0.29) is 22.3 Å². The number of nitrogens with zero attached hydrogens (tertiary/aromatic N) is 1. The highest BCUT2D eigenvalue weighted by Crippen LogP contribution is 2.35. The van der Waals surface area contributed by atoms with Crippen molar-refractivity contribution in [3.05, 3.63) is 40.0 Å². The molecule has 1 aromatic carbocycles. The number of anilines is 3. The summed E-state index contributed by atoms with van der Waals surface area (Å²) < 4.78 is 41.6. The van der Waals surface area contributed by atoms with Gasteiger partial charge in [0.15, 0.2) is 11.6 Å². The first kappa shape index (κ1) is 15.7. The van der Waals surface area contributed by atoms with Crippen molar-refractivity contribution in [2.24, 2.45) is 0 Å². The van der Waals surface area contributed by atoms with Crippen LogP contribution in [0.15, 0.2) is 34.8 Å². The molecule has 0 unspecified atom stereocenters. The Hall–Kier alpha value is -1.67. The fourth-order valence-corrected chi connectivity index (χ4v) is 1.97. The molecular weight excluding hydrogens is 375 g/mol. The van der Waals surface area contributed by atoms with Crippen LogP contribution in [0.5, 0.6) is 5.75 Å². The maximum Gasteiger partial charge on any atom is 0.573 e. The second-order valence-corrected chi connectivity index (χ2v) is 5.19. The van der Waals surface area contributed by atoms with Crippen molar-refractivity contribution < 1.29 is 17.9 Å². The zero-order chi connectivity index (χ0) is 15.6. The van der Waals surface area contributed by atoms with Gasteiger partial charge in [-0.05, 0) is 30.3 Å². The zero-order valence-electron chi connectivity index (χ0n) is 10.2. The van der Waals surface area contributed by atoms with Crippen molar-refractivity contribution in [3.63, 3.8) is 0 Å².